The van der Waals surface area contributed by atoms with Gasteiger partial charge in [0, 0.05) is 24.5 Å². The zero-order valence-electron chi connectivity index (χ0n) is 26.5. The molecule has 46 heavy (non-hydrogen) atoms. The molecule has 242 valence electrons. The number of hydrogen-bond donors (Lipinski definition) is 1. The van der Waals surface area contributed by atoms with Crippen molar-refractivity contribution < 1.29 is 22.7 Å². The fourth-order valence-corrected chi connectivity index (χ4v) is 6.53. The highest BCUT2D eigenvalue weighted by atomic mass is 35.5. The maximum absolute atomic E-state index is 14.6. The minimum Gasteiger partial charge on any atom is -0.497 e. The lowest BCUT2D eigenvalue weighted by atomic mass is 10.0. The van der Waals surface area contributed by atoms with Crippen molar-refractivity contribution in [3.8, 4) is 5.75 Å². The number of carbonyl (C=O) groups is 2. The number of amides is 2. The molecule has 0 spiro atoms. The van der Waals surface area contributed by atoms with Crippen LogP contribution in [0.15, 0.2) is 108 Å². The second-order valence-electron chi connectivity index (χ2n) is 11.5. The number of benzene rings is 4. The Kier molecular flexibility index (Phi) is 11.8. The molecule has 1 atom stereocenters. The number of halogens is 1. The predicted molar refractivity (Wildman–Crippen MR) is 182 cm³/mol. The normalized spacial score (nSPS) is 12.0. The second kappa shape index (κ2) is 15.8. The van der Waals surface area contributed by atoms with Gasteiger partial charge in [0.2, 0.25) is 11.8 Å². The van der Waals surface area contributed by atoms with E-state index in [1.807, 2.05) is 63.2 Å². The first-order valence-corrected chi connectivity index (χ1v) is 16.9. The molecule has 0 heterocycles. The number of hydrogen-bond acceptors (Lipinski definition) is 5. The van der Waals surface area contributed by atoms with Crippen molar-refractivity contribution in [2.75, 3.05) is 24.5 Å². The quantitative estimate of drug-likeness (QED) is 0.172. The van der Waals surface area contributed by atoms with Gasteiger partial charge in [-0.2, -0.15) is 0 Å². The molecule has 0 aliphatic carbocycles. The summed E-state index contributed by atoms with van der Waals surface area (Å²) in [4.78, 5) is 29.9. The molecule has 0 saturated carbocycles. The number of aryl methyl sites for hydroxylation is 1. The zero-order valence-corrected chi connectivity index (χ0v) is 28.1. The lowest BCUT2D eigenvalue weighted by Gasteiger charge is -2.34. The van der Waals surface area contributed by atoms with Gasteiger partial charge >= 0.3 is 0 Å². The number of rotatable bonds is 14. The van der Waals surface area contributed by atoms with Crippen molar-refractivity contribution in [2.45, 2.75) is 44.7 Å². The first kappa shape index (κ1) is 34.5. The summed E-state index contributed by atoms with van der Waals surface area (Å²) in [7, 11) is -2.67. The fraction of sp³-hybridized carbons (Fsp3) is 0.278. The molecule has 0 radical (unpaired) electrons. The molecule has 4 aromatic rings. The average molecular weight is 662 g/mol. The van der Waals surface area contributed by atoms with E-state index in [1.165, 1.54) is 23.1 Å². The average Bonchev–Trinajstić information content (AvgIpc) is 3.04. The van der Waals surface area contributed by atoms with Crippen LogP contribution in [0, 0.1) is 12.8 Å². The van der Waals surface area contributed by atoms with Gasteiger partial charge in [-0.25, -0.2) is 8.42 Å². The van der Waals surface area contributed by atoms with E-state index >= 15 is 0 Å². The van der Waals surface area contributed by atoms with Gasteiger partial charge in [-0.15, -0.1) is 0 Å². The van der Waals surface area contributed by atoms with Crippen molar-refractivity contribution in [1.82, 2.24) is 10.2 Å². The number of carbonyl (C=O) groups excluding carboxylic acids is 2. The van der Waals surface area contributed by atoms with Crippen LogP contribution in [-0.2, 0) is 32.6 Å². The summed E-state index contributed by atoms with van der Waals surface area (Å²) in [5.74, 6) is -0.110. The molecular weight excluding hydrogens is 622 g/mol. The van der Waals surface area contributed by atoms with Crippen LogP contribution in [0.2, 0.25) is 5.02 Å². The zero-order chi connectivity index (χ0) is 33.3. The third-order valence-electron chi connectivity index (χ3n) is 7.43. The topological polar surface area (TPSA) is 96.0 Å². The number of nitrogens with zero attached hydrogens (tertiary/aromatic N) is 2. The molecule has 4 rings (SSSR count). The van der Waals surface area contributed by atoms with Crippen LogP contribution in [0.1, 0.15) is 30.5 Å². The van der Waals surface area contributed by atoms with E-state index in [0.717, 1.165) is 21.0 Å². The number of nitrogens with one attached hydrogen (secondary N) is 1. The standard InChI is InChI=1S/C36H40ClN3O5S/c1-26(2)23-38-36(42)34(21-28-10-6-5-7-11-28)39(24-29-12-8-15-32(20-29)45-4)35(41)25-40(31-14-9-13-30(37)22-31)46(43,44)33-18-16-27(3)17-19-33/h5-20,22,26,34H,21,23-25H2,1-4H3,(H,38,42). The maximum atomic E-state index is 14.6. The summed E-state index contributed by atoms with van der Waals surface area (Å²) in [5.41, 5.74) is 2.70. The number of methoxy groups -OCH3 is 1. The molecule has 0 aliphatic heterocycles. The minimum absolute atomic E-state index is 0.0285. The van der Waals surface area contributed by atoms with Gasteiger partial charge in [0.25, 0.3) is 10.0 Å². The van der Waals surface area contributed by atoms with Gasteiger partial charge < -0.3 is 15.0 Å². The number of ether oxygens (including phenoxy) is 1. The lowest BCUT2D eigenvalue weighted by Crippen LogP contribution is -2.53. The minimum atomic E-state index is -4.22. The molecule has 4 aromatic carbocycles. The van der Waals surface area contributed by atoms with E-state index in [4.69, 9.17) is 16.3 Å². The van der Waals surface area contributed by atoms with Gasteiger partial charge in [0.1, 0.15) is 18.3 Å². The molecule has 0 saturated heterocycles. The summed E-state index contributed by atoms with van der Waals surface area (Å²) in [6.07, 6.45) is 0.225. The van der Waals surface area contributed by atoms with Gasteiger partial charge in [-0.3, -0.25) is 13.9 Å². The van der Waals surface area contributed by atoms with E-state index < -0.39 is 28.5 Å². The summed E-state index contributed by atoms with van der Waals surface area (Å²) < 4.78 is 34.8. The Balaban J connectivity index is 1.81. The molecule has 0 bridgehead atoms. The number of sulfonamides is 1. The molecule has 8 nitrogen and oxygen atoms in total. The third kappa shape index (κ3) is 9.11. The Morgan fingerprint density at radius 3 is 2.20 bits per heavy atom. The molecule has 0 fully saturated rings. The summed E-state index contributed by atoms with van der Waals surface area (Å²) >= 11 is 6.30. The van der Waals surface area contributed by atoms with Crippen molar-refractivity contribution in [1.29, 1.82) is 0 Å². The molecule has 1 N–H and O–H groups in total. The van der Waals surface area contributed by atoms with Crippen LogP contribution in [0.4, 0.5) is 5.69 Å². The lowest BCUT2D eigenvalue weighted by molar-refractivity contribution is -0.140. The monoisotopic (exact) mass is 661 g/mol. The second-order valence-corrected chi connectivity index (χ2v) is 13.8. The predicted octanol–water partition coefficient (Wildman–Crippen LogP) is 6.26. The van der Waals surface area contributed by atoms with Crippen LogP contribution >= 0.6 is 11.6 Å². The number of anilines is 1. The highest BCUT2D eigenvalue weighted by Crippen LogP contribution is 2.27. The molecular formula is C36H40ClN3O5S. The third-order valence-corrected chi connectivity index (χ3v) is 9.45. The molecule has 0 aliphatic rings. The van der Waals surface area contributed by atoms with Crippen LogP contribution in [0.5, 0.6) is 5.75 Å². The molecule has 10 heteroatoms. The fourth-order valence-electron chi connectivity index (χ4n) is 4.94. The van der Waals surface area contributed by atoms with Crippen molar-refractivity contribution in [3.63, 3.8) is 0 Å². The highest BCUT2D eigenvalue weighted by Gasteiger charge is 2.34. The Bertz CT molecular complexity index is 1730. The smallest absolute Gasteiger partial charge is 0.264 e. The Labute approximate surface area is 277 Å². The van der Waals surface area contributed by atoms with Gasteiger partial charge in [0.15, 0.2) is 0 Å². The highest BCUT2D eigenvalue weighted by molar-refractivity contribution is 7.92. The van der Waals surface area contributed by atoms with Crippen LogP contribution in [0.25, 0.3) is 0 Å². The largest absolute Gasteiger partial charge is 0.497 e. The Hall–Kier alpha value is -4.34. The van der Waals surface area contributed by atoms with E-state index in [2.05, 4.69) is 5.32 Å². The maximum Gasteiger partial charge on any atom is 0.264 e. The Morgan fingerprint density at radius 2 is 1.54 bits per heavy atom. The van der Waals surface area contributed by atoms with Gasteiger partial charge in [-0.05, 0) is 66.4 Å². The first-order valence-electron chi connectivity index (χ1n) is 15.1. The van der Waals surface area contributed by atoms with Crippen molar-refractivity contribution >= 4 is 39.1 Å². The van der Waals surface area contributed by atoms with E-state index in [9.17, 15) is 18.0 Å². The van der Waals surface area contributed by atoms with Gasteiger partial charge in [0.05, 0.1) is 17.7 Å². The molecule has 2 amide bonds. The van der Waals surface area contributed by atoms with Crippen molar-refractivity contribution in [3.05, 3.63) is 125 Å². The van der Waals surface area contributed by atoms with E-state index in [0.29, 0.717) is 17.3 Å². The van der Waals surface area contributed by atoms with Gasteiger partial charge in [-0.1, -0.05) is 91.7 Å². The summed E-state index contributed by atoms with van der Waals surface area (Å²) in [5, 5.41) is 3.31. The summed E-state index contributed by atoms with van der Waals surface area (Å²) in [6.45, 7) is 5.73. The van der Waals surface area contributed by atoms with E-state index in [-0.39, 0.29) is 35.4 Å². The van der Waals surface area contributed by atoms with Crippen LogP contribution < -0.4 is 14.4 Å². The van der Waals surface area contributed by atoms with E-state index in [1.54, 1.807) is 49.6 Å². The van der Waals surface area contributed by atoms with Crippen LogP contribution in [0.3, 0.4) is 0 Å². The molecule has 1 unspecified atom stereocenters. The molecule has 0 aromatic heterocycles. The Morgan fingerprint density at radius 1 is 0.870 bits per heavy atom. The van der Waals surface area contributed by atoms with Crippen LogP contribution in [-0.4, -0.2) is 51.4 Å². The summed E-state index contributed by atoms with van der Waals surface area (Å²) in [6, 6.07) is 28.5. The SMILES string of the molecule is COc1cccc(CN(C(=O)CN(c2cccc(Cl)c2)S(=O)(=O)c2ccc(C)cc2)C(Cc2ccccc2)C(=O)NCC(C)C)c1. The first-order chi connectivity index (χ1) is 22.0. The van der Waals surface area contributed by atoms with Crippen molar-refractivity contribution in [2.24, 2.45) is 5.92 Å².